The second-order valence-corrected chi connectivity index (χ2v) is 8.39. The Labute approximate surface area is 202 Å². The minimum absolute atomic E-state index is 0.0619. The average molecular weight is 475 g/mol. The van der Waals surface area contributed by atoms with E-state index < -0.39 is 0 Å². The molecule has 1 aliphatic rings. The molecule has 1 N–H and O–H groups in total. The third kappa shape index (κ3) is 4.93. The summed E-state index contributed by atoms with van der Waals surface area (Å²) in [7, 11) is 1.54. The first kappa shape index (κ1) is 22.7. The summed E-state index contributed by atoms with van der Waals surface area (Å²) in [5.41, 5.74) is 1.24. The van der Waals surface area contributed by atoms with Crippen LogP contribution < -0.4 is 10.1 Å². The number of carbonyl (C=O) groups excluding carboxylic acids is 2. The van der Waals surface area contributed by atoms with Crippen molar-refractivity contribution in [1.82, 2.24) is 4.90 Å². The van der Waals surface area contributed by atoms with Gasteiger partial charge in [-0.3, -0.25) is 9.59 Å². The van der Waals surface area contributed by atoms with Crippen molar-refractivity contribution < 1.29 is 27.9 Å². The van der Waals surface area contributed by atoms with Gasteiger partial charge in [0.2, 0.25) is 5.76 Å². The van der Waals surface area contributed by atoms with Crippen molar-refractivity contribution in [3.8, 4) is 5.75 Å². The number of amides is 2. The second-order valence-electron chi connectivity index (χ2n) is 8.39. The van der Waals surface area contributed by atoms with Gasteiger partial charge in [0.15, 0.2) is 0 Å². The molecule has 8 nitrogen and oxygen atoms in total. The number of fused-ring (bicyclic) bond motifs is 1. The van der Waals surface area contributed by atoms with Gasteiger partial charge in [-0.15, -0.1) is 0 Å². The van der Waals surface area contributed by atoms with Crippen LogP contribution in [-0.4, -0.2) is 43.1 Å². The van der Waals surface area contributed by atoms with E-state index in [0.29, 0.717) is 46.9 Å². The van der Waals surface area contributed by atoms with Gasteiger partial charge in [0, 0.05) is 24.1 Å². The standard InChI is InChI=1S/C27H26N2O6/c1-32-19-8-4-7-18(15-19)26(30)28-24-22-11-2-3-12-23(22)35-25(24)27(31)29(16-20-9-5-13-33-20)17-21-10-6-14-34-21/h2-5,7-9,11-13,15,21H,6,10,14,16-17H2,1H3,(H,28,30). The van der Waals surface area contributed by atoms with Crippen LogP contribution in [0.25, 0.3) is 11.0 Å². The second kappa shape index (κ2) is 10.1. The molecular weight excluding hydrogens is 448 g/mol. The fourth-order valence-electron chi connectivity index (χ4n) is 4.26. The molecule has 0 bridgehead atoms. The first-order valence-corrected chi connectivity index (χ1v) is 11.5. The van der Waals surface area contributed by atoms with Crippen LogP contribution in [0.4, 0.5) is 5.69 Å². The molecule has 0 aliphatic carbocycles. The molecule has 2 amide bonds. The zero-order valence-corrected chi connectivity index (χ0v) is 19.4. The fourth-order valence-corrected chi connectivity index (χ4v) is 4.26. The van der Waals surface area contributed by atoms with Gasteiger partial charge in [0.05, 0.1) is 26.0 Å². The predicted molar refractivity (Wildman–Crippen MR) is 130 cm³/mol. The van der Waals surface area contributed by atoms with Crippen molar-refractivity contribution in [2.75, 3.05) is 25.6 Å². The van der Waals surface area contributed by atoms with Gasteiger partial charge in [-0.2, -0.15) is 0 Å². The molecule has 1 fully saturated rings. The Bertz CT molecular complexity index is 1320. The number of rotatable bonds is 8. The lowest BCUT2D eigenvalue weighted by molar-refractivity contribution is 0.0471. The number of carbonyl (C=O) groups is 2. The number of furan rings is 2. The van der Waals surface area contributed by atoms with Crippen LogP contribution in [0.1, 0.15) is 39.5 Å². The summed E-state index contributed by atoms with van der Waals surface area (Å²) in [6.07, 6.45) is 3.35. The molecule has 0 saturated carbocycles. The summed E-state index contributed by atoms with van der Waals surface area (Å²) < 4.78 is 22.5. The molecule has 1 unspecified atom stereocenters. The Morgan fingerprint density at radius 3 is 2.77 bits per heavy atom. The van der Waals surface area contributed by atoms with Gasteiger partial charge >= 0.3 is 0 Å². The lowest BCUT2D eigenvalue weighted by Gasteiger charge is -2.24. The van der Waals surface area contributed by atoms with E-state index in [0.717, 1.165) is 12.8 Å². The summed E-state index contributed by atoms with van der Waals surface area (Å²) in [6.45, 7) is 1.33. The highest BCUT2D eigenvalue weighted by atomic mass is 16.5. The molecule has 2 aromatic heterocycles. The normalized spacial score (nSPS) is 15.3. The molecule has 0 spiro atoms. The van der Waals surface area contributed by atoms with Crippen molar-refractivity contribution in [2.45, 2.75) is 25.5 Å². The maximum absolute atomic E-state index is 13.8. The van der Waals surface area contributed by atoms with Gasteiger partial charge in [-0.05, 0) is 55.3 Å². The molecule has 1 atom stereocenters. The number of methoxy groups -OCH3 is 1. The SMILES string of the molecule is COc1cccc(C(=O)Nc2c(C(=O)N(Cc3ccco3)CC3CCCO3)oc3ccccc23)c1. The lowest BCUT2D eigenvalue weighted by Crippen LogP contribution is -2.37. The third-order valence-corrected chi connectivity index (χ3v) is 6.02. The van der Waals surface area contributed by atoms with Crippen molar-refractivity contribution in [1.29, 1.82) is 0 Å². The quantitative estimate of drug-likeness (QED) is 0.382. The molecular formula is C27H26N2O6. The summed E-state index contributed by atoms with van der Waals surface area (Å²) in [5, 5.41) is 3.54. The minimum atomic E-state index is -0.374. The molecule has 1 saturated heterocycles. The zero-order chi connectivity index (χ0) is 24.2. The predicted octanol–water partition coefficient (Wildman–Crippen LogP) is 5.11. The van der Waals surface area contributed by atoms with Gasteiger partial charge in [-0.25, -0.2) is 0 Å². The van der Waals surface area contributed by atoms with Crippen molar-refractivity contribution in [2.24, 2.45) is 0 Å². The Hall–Kier alpha value is -4.04. The van der Waals surface area contributed by atoms with Crippen LogP contribution in [0.5, 0.6) is 5.75 Å². The average Bonchev–Trinajstić information content (AvgIpc) is 3.66. The Balaban J connectivity index is 1.49. The highest BCUT2D eigenvalue weighted by molar-refractivity contribution is 6.14. The number of hydrogen-bond donors (Lipinski definition) is 1. The lowest BCUT2D eigenvalue weighted by atomic mass is 10.1. The van der Waals surface area contributed by atoms with Gasteiger partial charge < -0.3 is 28.5 Å². The maximum Gasteiger partial charge on any atom is 0.292 e. The van der Waals surface area contributed by atoms with E-state index in [1.165, 1.54) is 0 Å². The molecule has 4 aromatic rings. The molecule has 5 rings (SSSR count). The van der Waals surface area contributed by atoms with Gasteiger partial charge in [0.25, 0.3) is 11.8 Å². The number of para-hydroxylation sites is 1. The highest BCUT2D eigenvalue weighted by Gasteiger charge is 2.30. The van der Waals surface area contributed by atoms with Crippen molar-refractivity contribution in [3.05, 3.63) is 84.0 Å². The number of nitrogens with zero attached hydrogens (tertiary/aromatic N) is 1. The summed E-state index contributed by atoms with van der Waals surface area (Å²) in [4.78, 5) is 28.6. The van der Waals surface area contributed by atoms with E-state index in [4.69, 9.17) is 18.3 Å². The Morgan fingerprint density at radius 1 is 1.11 bits per heavy atom. The Morgan fingerprint density at radius 2 is 2.00 bits per heavy atom. The number of nitrogens with one attached hydrogen (secondary N) is 1. The summed E-state index contributed by atoms with van der Waals surface area (Å²) in [5.74, 6) is 0.545. The molecule has 2 aromatic carbocycles. The first-order valence-electron chi connectivity index (χ1n) is 11.5. The number of ether oxygens (including phenoxy) is 2. The first-order chi connectivity index (χ1) is 17.1. The van der Waals surface area contributed by atoms with Crippen LogP contribution in [0, 0.1) is 0 Å². The number of hydrogen-bond acceptors (Lipinski definition) is 6. The van der Waals surface area contributed by atoms with Gasteiger partial charge in [-0.1, -0.05) is 18.2 Å². The van der Waals surface area contributed by atoms with Crippen molar-refractivity contribution >= 4 is 28.5 Å². The van der Waals surface area contributed by atoms with E-state index in [1.54, 1.807) is 54.7 Å². The monoisotopic (exact) mass is 474 g/mol. The minimum Gasteiger partial charge on any atom is -0.497 e. The van der Waals surface area contributed by atoms with E-state index in [2.05, 4.69) is 5.32 Å². The highest BCUT2D eigenvalue weighted by Crippen LogP contribution is 2.33. The topological polar surface area (TPSA) is 94.2 Å². The van der Waals surface area contributed by atoms with Crippen LogP contribution in [0.15, 0.2) is 75.8 Å². The maximum atomic E-state index is 13.8. The van der Waals surface area contributed by atoms with Crippen LogP contribution in [0.2, 0.25) is 0 Å². The Kier molecular flexibility index (Phi) is 6.54. The third-order valence-electron chi connectivity index (χ3n) is 6.02. The zero-order valence-electron chi connectivity index (χ0n) is 19.4. The van der Waals surface area contributed by atoms with Gasteiger partial charge in [0.1, 0.15) is 22.8 Å². The van der Waals surface area contributed by atoms with Crippen molar-refractivity contribution in [3.63, 3.8) is 0 Å². The van der Waals surface area contributed by atoms with E-state index in [1.807, 2.05) is 24.3 Å². The van der Waals surface area contributed by atoms with E-state index in [-0.39, 0.29) is 30.2 Å². The number of anilines is 1. The molecule has 35 heavy (non-hydrogen) atoms. The molecule has 3 heterocycles. The molecule has 180 valence electrons. The van der Waals surface area contributed by atoms with Crippen LogP contribution >= 0.6 is 0 Å². The summed E-state index contributed by atoms with van der Waals surface area (Å²) in [6, 6.07) is 17.7. The van der Waals surface area contributed by atoms with E-state index >= 15 is 0 Å². The van der Waals surface area contributed by atoms with E-state index in [9.17, 15) is 9.59 Å². The number of benzene rings is 2. The largest absolute Gasteiger partial charge is 0.497 e. The molecule has 8 heteroatoms. The summed E-state index contributed by atoms with van der Waals surface area (Å²) >= 11 is 0. The molecule has 1 aliphatic heterocycles. The smallest absolute Gasteiger partial charge is 0.292 e. The van der Waals surface area contributed by atoms with Crippen LogP contribution in [0.3, 0.4) is 0 Å². The fraction of sp³-hybridized carbons (Fsp3) is 0.259. The molecule has 0 radical (unpaired) electrons. The van der Waals surface area contributed by atoms with Crippen LogP contribution in [-0.2, 0) is 11.3 Å².